The summed E-state index contributed by atoms with van der Waals surface area (Å²) in [6.07, 6.45) is 0. The van der Waals surface area contributed by atoms with Crippen molar-refractivity contribution in [2.75, 3.05) is 12.1 Å². The van der Waals surface area contributed by atoms with Crippen molar-refractivity contribution >= 4 is 23.2 Å². The highest BCUT2D eigenvalue weighted by atomic mass is 35.5. The Balaban J connectivity index is 1.51. The van der Waals surface area contributed by atoms with Gasteiger partial charge in [-0.25, -0.2) is 4.68 Å². The maximum absolute atomic E-state index is 12.3. The first-order valence-electron chi connectivity index (χ1n) is 8.12. The van der Waals surface area contributed by atoms with Crippen LogP contribution < -0.4 is 20.3 Å². The third kappa shape index (κ3) is 3.78. The summed E-state index contributed by atoms with van der Waals surface area (Å²) in [6.45, 7) is -0.0573. The summed E-state index contributed by atoms with van der Waals surface area (Å²) in [6, 6.07) is 15.1. The lowest BCUT2D eigenvalue weighted by atomic mass is 10.1. The number of carbonyl (C=O) groups excluding carboxylic acids is 1. The van der Waals surface area contributed by atoms with Gasteiger partial charge in [-0.2, -0.15) is 5.10 Å². The minimum atomic E-state index is -0.378. The third-order valence-corrected chi connectivity index (χ3v) is 4.21. The van der Waals surface area contributed by atoms with Crippen LogP contribution in [0.25, 0.3) is 11.3 Å². The van der Waals surface area contributed by atoms with Crippen molar-refractivity contribution < 1.29 is 14.3 Å². The number of benzene rings is 2. The Bertz CT molecular complexity index is 1060. The molecule has 1 aliphatic heterocycles. The molecule has 27 heavy (non-hydrogen) atoms. The van der Waals surface area contributed by atoms with E-state index < -0.39 is 0 Å². The lowest BCUT2D eigenvalue weighted by Gasteiger charge is -2.09. The minimum Gasteiger partial charge on any atom is -0.454 e. The van der Waals surface area contributed by atoms with E-state index in [1.54, 1.807) is 48.5 Å². The number of hydrogen-bond acceptors (Lipinski definition) is 5. The summed E-state index contributed by atoms with van der Waals surface area (Å²) in [5.41, 5.74) is 1.55. The standard InChI is InChI=1S/C19H14ClN3O4/c20-13-3-1-12(2-4-13)15-6-8-19(25)23(22-15)10-18(24)21-14-5-7-16-17(9-14)27-11-26-16/h1-9H,10-11H2,(H,21,24). The number of amides is 1. The molecular weight excluding hydrogens is 370 g/mol. The second-order valence-electron chi connectivity index (χ2n) is 5.84. The number of aromatic nitrogens is 2. The number of nitrogens with zero attached hydrogens (tertiary/aromatic N) is 2. The maximum atomic E-state index is 12.3. The van der Waals surface area contributed by atoms with Crippen molar-refractivity contribution in [2.45, 2.75) is 6.54 Å². The van der Waals surface area contributed by atoms with Gasteiger partial charge in [0.2, 0.25) is 12.7 Å². The molecule has 136 valence electrons. The van der Waals surface area contributed by atoms with Crippen LogP contribution in [0.4, 0.5) is 5.69 Å². The van der Waals surface area contributed by atoms with Gasteiger partial charge in [0.1, 0.15) is 6.54 Å². The Kier molecular flexibility index (Phi) is 4.52. The molecule has 7 nitrogen and oxygen atoms in total. The molecule has 1 amide bonds. The van der Waals surface area contributed by atoms with E-state index in [1.165, 1.54) is 6.07 Å². The van der Waals surface area contributed by atoms with E-state index in [-0.39, 0.29) is 24.8 Å². The van der Waals surface area contributed by atoms with Crippen LogP contribution in [0.5, 0.6) is 11.5 Å². The van der Waals surface area contributed by atoms with Crippen molar-refractivity contribution in [1.29, 1.82) is 0 Å². The quantitative estimate of drug-likeness (QED) is 0.749. The maximum Gasteiger partial charge on any atom is 0.267 e. The molecule has 1 aromatic heterocycles. The molecule has 4 rings (SSSR count). The number of rotatable bonds is 4. The largest absolute Gasteiger partial charge is 0.454 e. The van der Waals surface area contributed by atoms with Gasteiger partial charge in [-0.15, -0.1) is 0 Å². The average molecular weight is 384 g/mol. The normalized spacial score (nSPS) is 12.0. The summed E-state index contributed by atoms with van der Waals surface area (Å²) < 4.78 is 11.6. The predicted octanol–water partition coefficient (Wildman–Crippen LogP) is 2.93. The highest BCUT2D eigenvalue weighted by Gasteiger charge is 2.15. The highest BCUT2D eigenvalue weighted by molar-refractivity contribution is 6.30. The predicted molar refractivity (Wildman–Crippen MR) is 100 cm³/mol. The van der Waals surface area contributed by atoms with Crippen LogP contribution in [-0.4, -0.2) is 22.5 Å². The molecule has 0 bridgehead atoms. The molecule has 2 aromatic carbocycles. The first kappa shape index (κ1) is 17.1. The number of fused-ring (bicyclic) bond motifs is 1. The zero-order valence-corrected chi connectivity index (χ0v) is 14.8. The second kappa shape index (κ2) is 7.13. The highest BCUT2D eigenvalue weighted by Crippen LogP contribution is 2.34. The van der Waals surface area contributed by atoms with Gasteiger partial charge in [0.15, 0.2) is 11.5 Å². The van der Waals surface area contributed by atoms with Gasteiger partial charge in [0.25, 0.3) is 5.56 Å². The first-order chi connectivity index (χ1) is 13.1. The van der Waals surface area contributed by atoms with Gasteiger partial charge >= 0.3 is 0 Å². The molecule has 3 aromatic rings. The van der Waals surface area contributed by atoms with Crippen LogP contribution in [0.3, 0.4) is 0 Å². The minimum absolute atomic E-state index is 0.156. The van der Waals surface area contributed by atoms with Crippen LogP contribution in [0.1, 0.15) is 0 Å². The summed E-state index contributed by atoms with van der Waals surface area (Å²) in [5, 5.41) is 7.60. The van der Waals surface area contributed by atoms with E-state index in [0.29, 0.717) is 27.9 Å². The van der Waals surface area contributed by atoms with Crippen LogP contribution >= 0.6 is 11.6 Å². The van der Waals surface area contributed by atoms with Crippen molar-refractivity contribution in [2.24, 2.45) is 0 Å². The second-order valence-corrected chi connectivity index (χ2v) is 6.27. The Morgan fingerprint density at radius 3 is 2.67 bits per heavy atom. The van der Waals surface area contributed by atoms with Gasteiger partial charge < -0.3 is 14.8 Å². The SMILES string of the molecule is O=C(Cn1nc(-c2ccc(Cl)cc2)ccc1=O)Nc1ccc2c(c1)OCO2. The van der Waals surface area contributed by atoms with Crippen LogP contribution in [0, 0.1) is 0 Å². The zero-order valence-electron chi connectivity index (χ0n) is 14.0. The monoisotopic (exact) mass is 383 g/mol. The molecule has 0 aliphatic carbocycles. The van der Waals surface area contributed by atoms with Crippen LogP contribution in [0.15, 0.2) is 59.4 Å². The molecule has 8 heteroatoms. The average Bonchev–Trinajstić information content (AvgIpc) is 3.12. The third-order valence-electron chi connectivity index (χ3n) is 3.96. The fraction of sp³-hybridized carbons (Fsp3) is 0.105. The fourth-order valence-corrected chi connectivity index (χ4v) is 2.77. The van der Waals surface area contributed by atoms with E-state index in [2.05, 4.69) is 10.4 Å². The van der Waals surface area contributed by atoms with Crippen LogP contribution in [-0.2, 0) is 11.3 Å². The van der Waals surface area contributed by atoms with Gasteiger partial charge in [0.05, 0.1) is 5.69 Å². The molecule has 0 radical (unpaired) electrons. The van der Waals surface area contributed by atoms with Gasteiger partial charge in [-0.3, -0.25) is 9.59 Å². The molecule has 0 unspecified atom stereocenters. The lowest BCUT2D eigenvalue weighted by molar-refractivity contribution is -0.117. The van der Waals surface area contributed by atoms with Crippen molar-refractivity contribution in [1.82, 2.24) is 9.78 Å². The van der Waals surface area contributed by atoms with E-state index in [0.717, 1.165) is 10.2 Å². The molecule has 1 aliphatic rings. The smallest absolute Gasteiger partial charge is 0.267 e. The topological polar surface area (TPSA) is 82.5 Å². The molecule has 0 spiro atoms. The summed E-state index contributed by atoms with van der Waals surface area (Å²) in [7, 11) is 0. The van der Waals surface area contributed by atoms with Gasteiger partial charge in [-0.1, -0.05) is 23.7 Å². The van der Waals surface area contributed by atoms with Crippen molar-refractivity contribution in [3.05, 3.63) is 70.0 Å². The number of carbonyl (C=O) groups is 1. The molecule has 0 saturated heterocycles. The molecule has 0 saturated carbocycles. The molecule has 1 N–H and O–H groups in total. The van der Waals surface area contributed by atoms with Crippen molar-refractivity contribution in [3.63, 3.8) is 0 Å². The lowest BCUT2D eigenvalue weighted by Crippen LogP contribution is -2.29. The number of anilines is 1. The summed E-state index contributed by atoms with van der Waals surface area (Å²) in [5.74, 6) is 0.811. The van der Waals surface area contributed by atoms with Crippen LogP contribution in [0.2, 0.25) is 5.02 Å². The van der Waals surface area contributed by atoms with E-state index in [9.17, 15) is 9.59 Å². The molecular formula is C19H14ClN3O4. The Morgan fingerprint density at radius 2 is 1.85 bits per heavy atom. The van der Waals surface area contributed by atoms with Gasteiger partial charge in [0, 0.05) is 28.4 Å². The Hall–Kier alpha value is -3.32. The Morgan fingerprint density at radius 1 is 1.07 bits per heavy atom. The van der Waals surface area contributed by atoms with Gasteiger partial charge in [-0.05, 0) is 30.3 Å². The number of halogens is 1. The fourth-order valence-electron chi connectivity index (χ4n) is 2.65. The zero-order chi connectivity index (χ0) is 18.8. The summed E-state index contributed by atoms with van der Waals surface area (Å²) >= 11 is 5.89. The number of ether oxygens (including phenoxy) is 2. The van der Waals surface area contributed by atoms with Crippen molar-refractivity contribution in [3.8, 4) is 22.8 Å². The summed E-state index contributed by atoms with van der Waals surface area (Å²) in [4.78, 5) is 24.4. The first-order valence-corrected chi connectivity index (χ1v) is 8.50. The number of nitrogens with one attached hydrogen (secondary N) is 1. The molecule has 0 atom stereocenters. The molecule has 2 heterocycles. The number of hydrogen-bond donors (Lipinski definition) is 1. The molecule has 0 fully saturated rings. The van der Waals surface area contributed by atoms with E-state index in [1.807, 2.05) is 0 Å². The van der Waals surface area contributed by atoms with E-state index in [4.69, 9.17) is 21.1 Å². The Labute approximate surface area is 159 Å². The van der Waals surface area contributed by atoms with E-state index >= 15 is 0 Å².